The molecule has 0 aliphatic heterocycles. The topological polar surface area (TPSA) is 9.23 Å². The Morgan fingerprint density at radius 3 is 2.33 bits per heavy atom. The van der Waals surface area contributed by atoms with Crippen LogP contribution in [-0.4, -0.2) is 7.11 Å². The molecule has 0 unspecified atom stereocenters. The molecule has 0 N–H and O–H groups in total. The van der Waals surface area contributed by atoms with Crippen LogP contribution in [0.1, 0.15) is 6.92 Å². The van der Waals surface area contributed by atoms with Gasteiger partial charge in [-0.05, 0) is 6.92 Å². The van der Waals surface area contributed by atoms with Gasteiger partial charge in [0, 0.05) is 4.99 Å². The molecule has 0 rings (SSSR count). The molecule has 6 heavy (non-hydrogen) atoms. The normalized spacial score (nSPS) is 11.5. The summed E-state index contributed by atoms with van der Waals surface area (Å²) in [5, 5.41) is 0. The van der Waals surface area contributed by atoms with Crippen molar-refractivity contribution in [1.82, 2.24) is 0 Å². The highest BCUT2D eigenvalue weighted by Crippen LogP contribution is 1.94. The van der Waals surface area contributed by atoms with Crippen LogP contribution in [0.3, 0.4) is 0 Å². The molecule has 0 aromatic carbocycles. The summed E-state index contributed by atoms with van der Waals surface area (Å²) in [4.78, 5) is 1.73. The molecule has 0 saturated heterocycles. The van der Waals surface area contributed by atoms with E-state index in [4.69, 9.17) is 4.74 Å². The third kappa shape index (κ3) is 2.27. The van der Waals surface area contributed by atoms with Crippen molar-refractivity contribution in [3.05, 3.63) is 10.7 Å². The molecule has 1 nitrogen and oxygen atoms in total. The Kier molecular flexibility index (Phi) is 3.23. The fourth-order valence-electron chi connectivity index (χ4n) is 0.0445. The van der Waals surface area contributed by atoms with E-state index < -0.39 is 0 Å². The van der Waals surface area contributed by atoms with Crippen LogP contribution in [0, 0.1) is 0 Å². The second-order valence-electron chi connectivity index (χ2n) is 0.924. The van der Waals surface area contributed by atoms with Crippen LogP contribution >= 0.6 is 15.9 Å². The first-order valence-corrected chi connectivity index (χ1v) is 2.53. The number of hydrogen-bond acceptors (Lipinski definition) is 1. The number of rotatable bonds is 1. The third-order valence-electron chi connectivity index (χ3n) is 0.476. The first kappa shape index (κ1) is 6.02. The van der Waals surface area contributed by atoms with E-state index in [0.717, 1.165) is 5.76 Å². The minimum absolute atomic E-state index is 0.884. The molecule has 0 heterocycles. The number of ether oxygens (including phenoxy) is 1. The van der Waals surface area contributed by atoms with Crippen LogP contribution in [0.2, 0.25) is 0 Å². The highest BCUT2D eigenvalue weighted by atomic mass is 79.9. The number of methoxy groups -OCH3 is 1. The Hall–Kier alpha value is 0.0200. The second-order valence-corrected chi connectivity index (χ2v) is 1.38. The molecule has 0 bridgehead atoms. The van der Waals surface area contributed by atoms with Crippen LogP contribution in [0.5, 0.6) is 0 Å². The lowest BCUT2D eigenvalue weighted by Crippen LogP contribution is -1.72. The Bertz CT molecular complexity index is 58.6. The Balaban J connectivity index is 3.22. The molecular formula is C4H7BrO. The van der Waals surface area contributed by atoms with E-state index in [2.05, 4.69) is 15.9 Å². The quantitative estimate of drug-likeness (QED) is 0.520. The molecular weight excluding hydrogens is 144 g/mol. The van der Waals surface area contributed by atoms with Crippen LogP contribution < -0.4 is 0 Å². The summed E-state index contributed by atoms with van der Waals surface area (Å²) in [6.45, 7) is 1.87. The highest BCUT2D eigenvalue weighted by molar-refractivity contribution is 9.11. The van der Waals surface area contributed by atoms with E-state index in [0.29, 0.717) is 0 Å². The standard InChI is InChI=1S/C4H7BrO/c1-4(3-5)6-2/h3H,1-2H3/b4-3+. The van der Waals surface area contributed by atoms with Crippen molar-refractivity contribution in [1.29, 1.82) is 0 Å². The van der Waals surface area contributed by atoms with Crippen molar-refractivity contribution < 1.29 is 4.74 Å². The van der Waals surface area contributed by atoms with Crippen LogP contribution in [0.4, 0.5) is 0 Å². The van der Waals surface area contributed by atoms with E-state index in [-0.39, 0.29) is 0 Å². The molecule has 0 aliphatic rings. The zero-order chi connectivity index (χ0) is 4.99. The van der Waals surface area contributed by atoms with Crippen molar-refractivity contribution in [3.63, 3.8) is 0 Å². The number of allylic oxidation sites excluding steroid dienone is 1. The maximum Gasteiger partial charge on any atom is 0.0993 e. The van der Waals surface area contributed by atoms with E-state index in [1.54, 1.807) is 12.1 Å². The average Bonchev–Trinajstić information content (AvgIpc) is 1.65. The van der Waals surface area contributed by atoms with Gasteiger partial charge in [0.15, 0.2) is 0 Å². The maximum atomic E-state index is 4.71. The maximum absolute atomic E-state index is 4.71. The molecule has 0 amide bonds. The minimum Gasteiger partial charge on any atom is -0.501 e. The van der Waals surface area contributed by atoms with Gasteiger partial charge in [-0.1, -0.05) is 15.9 Å². The van der Waals surface area contributed by atoms with E-state index in [1.807, 2.05) is 6.92 Å². The molecule has 0 aromatic rings. The van der Waals surface area contributed by atoms with Crippen molar-refractivity contribution in [2.75, 3.05) is 7.11 Å². The summed E-state index contributed by atoms with van der Waals surface area (Å²) < 4.78 is 4.71. The van der Waals surface area contributed by atoms with E-state index >= 15 is 0 Å². The number of hydrogen-bond donors (Lipinski definition) is 0. The zero-order valence-electron chi connectivity index (χ0n) is 3.86. The first-order chi connectivity index (χ1) is 2.81. The van der Waals surface area contributed by atoms with Crippen molar-refractivity contribution >= 4 is 15.9 Å². The lowest BCUT2D eigenvalue weighted by atomic mass is 10.7. The molecule has 0 radical (unpaired) electrons. The fourth-order valence-corrected chi connectivity index (χ4v) is 0.231. The first-order valence-electron chi connectivity index (χ1n) is 1.62. The van der Waals surface area contributed by atoms with Gasteiger partial charge in [-0.15, -0.1) is 0 Å². The van der Waals surface area contributed by atoms with Gasteiger partial charge in [-0.2, -0.15) is 0 Å². The van der Waals surface area contributed by atoms with Crippen molar-refractivity contribution in [2.24, 2.45) is 0 Å². The smallest absolute Gasteiger partial charge is 0.0993 e. The lowest BCUT2D eigenvalue weighted by molar-refractivity contribution is 0.295. The minimum atomic E-state index is 0.884. The summed E-state index contributed by atoms with van der Waals surface area (Å²) in [5.41, 5.74) is 0. The van der Waals surface area contributed by atoms with Gasteiger partial charge in [-0.25, -0.2) is 0 Å². The van der Waals surface area contributed by atoms with Crippen LogP contribution in [-0.2, 0) is 4.74 Å². The van der Waals surface area contributed by atoms with Crippen molar-refractivity contribution in [3.8, 4) is 0 Å². The summed E-state index contributed by atoms with van der Waals surface area (Å²) in [6.07, 6.45) is 0. The number of halogens is 1. The van der Waals surface area contributed by atoms with Gasteiger partial charge >= 0.3 is 0 Å². The summed E-state index contributed by atoms with van der Waals surface area (Å²) >= 11 is 3.09. The zero-order valence-corrected chi connectivity index (χ0v) is 5.45. The van der Waals surface area contributed by atoms with E-state index in [9.17, 15) is 0 Å². The lowest BCUT2D eigenvalue weighted by Gasteiger charge is -1.90. The Morgan fingerprint density at radius 1 is 1.83 bits per heavy atom. The SMILES string of the molecule is CO/C(C)=C/Br. The van der Waals surface area contributed by atoms with Gasteiger partial charge in [0.05, 0.1) is 12.9 Å². The van der Waals surface area contributed by atoms with Gasteiger partial charge in [0.25, 0.3) is 0 Å². The summed E-state index contributed by atoms with van der Waals surface area (Å²) in [5.74, 6) is 0.884. The van der Waals surface area contributed by atoms with Gasteiger partial charge < -0.3 is 4.74 Å². The summed E-state index contributed by atoms with van der Waals surface area (Å²) in [7, 11) is 1.63. The largest absolute Gasteiger partial charge is 0.501 e. The molecule has 0 aromatic heterocycles. The summed E-state index contributed by atoms with van der Waals surface area (Å²) in [6, 6.07) is 0. The predicted octanol–water partition coefficient (Wildman–Crippen LogP) is 1.89. The monoisotopic (exact) mass is 150 g/mol. The molecule has 36 valence electrons. The van der Waals surface area contributed by atoms with E-state index in [1.165, 1.54) is 0 Å². The highest BCUT2D eigenvalue weighted by Gasteiger charge is 1.73. The predicted molar refractivity (Wildman–Crippen MR) is 29.7 cm³/mol. The molecule has 0 aliphatic carbocycles. The molecule has 2 heteroatoms. The van der Waals surface area contributed by atoms with Crippen LogP contribution in [0.25, 0.3) is 0 Å². The third-order valence-corrected chi connectivity index (χ3v) is 1.12. The molecule has 0 atom stereocenters. The molecule has 0 saturated carbocycles. The van der Waals surface area contributed by atoms with Gasteiger partial charge in [0.2, 0.25) is 0 Å². The molecule has 0 spiro atoms. The Morgan fingerprint density at radius 2 is 2.33 bits per heavy atom. The van der Waals surface area contributed by atoms with Crippen LogP contribution in [0.15, 0.2) is 10.7 Å². The second kappa shape index (κ2) is 3.22. The Labute approximate surface area is 46.1 Å². The molecule has 0 fully saturated rings. The van der Waals surface area contributed by atoms with Crippen molar-refractivity contribution in [2.45, 2.75) is 6.92 Å². The average molecular weight is 151 g/mol. The van der Waals surface area contributed by atoms with Gasteiger partial charge in [-0.3, -0.25) is 0 Å². The van der Waals surface area contributed by atoms with Gasteiger partial charge in [0.1, 0.15) is 0 Å². The fraction of sp³-hybridized carbons (Fsp3) is 0.500.